The number of benzene rings is 2. The summed E-state index contributed by atoms with van der Waals surface area (Å²) < 4.78 is 15.8. The van der Waals surface area contributed by atoms with Crippen molar-refractivity contribution in [2.75, 3.05) is 5.32 Å². The molecule has 3 aromatic rings. The summed E-state index contributed by atoms with van der Waals surface area (Å²) in [7, 11) is 0. The van der Waals surface area contributed by atoms with Gasteiger partial charge >= 0.3 is 0 Å². The van der Waals surface area contributed by atoms with Crippen LogP contribution in [0.15, 0.2) is 68.9 Å². The van der Waals surface area contributed by atoms with Gasteiger partial charge in [-0.25, -0.2) is 4.39 Å². The third-order valence-electron chi connectivity index (χ3n) is 3.91. The number of nitrogens with one attached hydrogen (secondary N) is 1. The van der Waals surface area contributed by atoms with Gasteiger partial charge < -0.3 is 5.32 Å². The number of aryl methyl sites for hydroxylation is 1. The van der Waals surface area contributed by atoms with Gasteiger partial charge in [0.25, 0.3) is 5.56 Å². The summed E-state index contributed by atoms with van der Waals surface area (Å²) in [6, 6.07) is 14.8. The van der Waals surface area contributed by atoms with Crippen molar-refractivity contribution in [1.29, 1.82) is 0 Å². The number of hydrogen-bond acceptors (Lipinski definition) is 4. The molecule has 1 aromatic heterocycles. The zero-order chi connectivity index (χ0) is 20.3. The molecule has 5 nitrogen and oxygen atoms in total. The molecule has 8 heteroatoms. The molecule has 1 amide bonds. The van der Waals surface area contributed by atoms with Crippen molar-refractivity contribution in [1.82, 2.24) is 9.78 Å². The monoisotopic (exact) mass is 461 g/mol. The average Bonchev–Trinajstić information content (AvgIpc) is 2.66. The molecule has 0 unspecified atom stereocenters. The number of hydrogen-bond donors (Lipinski definition) is 1. The lowest BCUT2D eigenvalue weighted by Crippen LogP contribution is -2.24. The minimum Gasteiger partial charge on any atom is -0.323 e. The van der Waals surface area contributed by atoms with Crippen LogP contribution >= 0.6 is 27.7 Å². The molecule has 1 heterocycles. The minimum atomic E-state index is -0.542. The van der Waals surface area contributed by atoms with Crippen LogP contribution in [-0.2, 0) is 4.79 Å². The molecule has 2 aromatic carbocycles. The summed E-state index contributed by atoms with van der Waals surface area (Å²) in [6.45, 7) is 3.65. The van der Waals surface area contributed by atoms with E-state index in [9.17, 15) is 14.0 Å². The van der Waals surface area contributed by atoms with Crippen LogP contribution in [0.2, 0.25) is 0 Å². The summed E-state index contributed by atoms with van der Waals surface area (Å²) in [5.74, 6) is -0.882. The summed E-state index contributed by atoms with van der Waals surface area (Å²) in [5.41, 5.74) is 1.57. The van der Waals surface area contributed by atoms with Crippen LogP contribution in [0, 0.1) is 12.7 Å². The van der Waals surface area contributed by atoms with Crippen molar-refractivity contribution in [2.24, 2.45) is 0 Å². The van der Waals surface area contributed by atoms with Gasteiger partial charge in [-0.2, -0.15) is 9.78 Å². The standard InChI is InChI=1S/C20H17BrFN3O2S/c1-12-3-6-15(7-4-12)25-19(26)10-9-18(24-25)28-13(2)20(27)23-17-8-5-14(21)11-16(17)22/h3-11,13H,1-2H3,(H,23,27)/t13-/m0/s1. The SMILES string of the molecule is Cc1ccc(-n2nc(S[C@@H](C)C(=O)Nc3ccc(Br)cc3F)ccc2=O)cc1. The average molecular weight is 462 g/mol. The molecule has 28 heavy (non-hydrogen) atoms. The zero-order valence-corrected chi connectivity index (χ0v) is 17.6. The van der Waals surface area contributed by atoms with E-state index in [1.54, 1.807) is 19.1 Å². The highest BCUT2D eigenvalue weighted by Gasteiger charge is 2.17. The van der Waals surface area contributed by atoms with Crippen molar-refractivity contribution in [3.05, 3.63) is 80.8 Å². The topological polar surface area (TPSA) is 64.0 Å². The predicted octanol–water partition coefficient (Wildman–Crippen LogP) is 4.56. The smallest absolute Gasteiger partial charge is 0.271 e. The Hall–Kier alpha value is -2.45. The highest BCUT2D eigenvalue weighted by molar-refractivity contribution is 9.10. The number of amides is 1. The van der Waals surface area contributed by atoms with Crippen LogP contribution in [-0.4, -0.2) is 20.9 Å². The molecule has 0 spiro atoms. The second kappa shape index (κ2) is 8.70. The van der Waals surface area contributed by atoms with Crippen LogP contribution in [0.3, 0.4) is 0 Å². The maximum Gasteiger partial charge on any atom is 0.271 e. The fourth-order valence-corrected chi connectivity index (χ4v) is 3.52. The first kappa shape index (κ1) is 20.3. The lowest BCUT2D eigenvalue weighted by atomic mass is 10.2. The normalized spacial score (nSPS) is 11.9. The first-order valence-electron chi connectivity index (χ1n) is 8.43. The third kappa shape index (κ3) is 4.88. The molecule has 0 radical (unpaired) electrons. The Bertz CT molecular complexity index is 1070. The minimum absolute atomic E-state index is 0.109. The number of carbonyl (C=O) groups excluding carboxylic acids is 1. The van der Waals surface area contributed by atoms with E-state index in [2.05, 4.69) is 26.3 Å². The van der Waals surface area contributed by atoms with Crippen molar-refractivity contribution < 1.29 is 9.18 Å². The van der Waals surface area contributed by atoms with Crippen LogP contribution in [0.25, 0.3) is 5.69 Å². The molecule has 1 N–H and O–H groups in total. The van der Waals surface area contributed by atoms with E-state index in [-0.39, 0.29) is 17.2 Å². The number of aromatic nitrogens is 2. The predicted molar refractivity (Wildman–Crippen MR) is 113 cm³/mol. The summed E-state index contributed by atoms with van der Waals surface area (Å²) in [5, 5.41) is 6.88. The third-order valence-corrected chi connectivity index (χ3v) is 5.43. The number of halogens is 2. The van der Waals surface area contributed by atoms with Crippen LogP contribution in [0.1, 0.15) is 12.5 Å². The van der Waals surface area contributed by atoms with Crippen molar-refractivity contribution in [3.8, 4) is 5.69 Å². The summed E-state index contributed by atoms with van der Waals surface area (Å²) in [6.07, 6.45) is 0. The number of carbonyl (C=O) groups is 1. The molecule has 0 saturated carbocycles. The molecule has 0 fully saturated rings. The van der Waals surface area contributed by atoms with E-state index in [0.29, 0.717) is 15.2 Å². The van der Waals surface area contributed by atoms with Gasteiger partial charge in [0.15, 0.2) is 0 Å². The second-order valence-electron chi connectivity index (χ2n) is 6.13. The number of rotatable bonds is 5. The molecule has 0 bridgehead atoms. The molecular formula is C20H17BrFN3O2S. The first-order chi connectivity index (χ1) is 13.3. The molecule has 0 aliphatic heterocycles. The Morgan fingerprint density at radius 2 is 1.89 bits per heavy atom. The van der Waals surface area contributed by atoms with Gasteiger partial charge in [0.1, 0.15) is 10.8 Å². The van der Waals surface area contributed by atoms with Gasteiger partial charge in [0.2, 0.25) is 5.91 Å². The molecule has 0 saturated heterocycles. The quantitative estimate of drug-likeness (QED) is 0.565. The Kier molecular flexibility index (Phi) is 6.31. The lowest BCUT2D eigenvalue weighted by Gasteiger charge is -2.13. The molecular weight excluding hydrogens is 445 g/mol. The summed E-state index contributed by atoms with van der Waals surface area (Å²) >= 11 is 4.36. The van der Waals surface area contributed by atoms with Crippen molar-refractivity contribution >= 4 is 39.3 Å². The van der Waals surface area contributed by atoms with Crippen LogP contribution in [0.4, 0.5) is 10.1 Å². The highest BCUT2D eigenvalue weighted by atomic mass is 79.9. The van der Waals surface area contributed by atoms with Gasteiger partial charge in [-0.1, -0.05) is 45.4 Å². The van der Waals surface area contributed by atoms with Crippen molar-refractivity contribution in [3.63, 3.8) is 0 Å². The lowest BCUT2D eigenvalue weighted by molar-refractivity contribution is -0.115. The van der Waals surface area contributed by atoms with E-state index in [0.717, 1.165) is 5.56 Å². The van der Waals surface area contributed by atoms with Crippen LogP contribution < -0.4 is 10.9 Å². The van der Waals surface area contributed by atoms with Gasteiger partial charge in [-0.05, 0) is 50.2 Å². The molecule has 0 aliphatic rings. The maximum atomic E-state index is 13.9. The summed E-state index contributed by atoms with van der Waals surface area (Å²) in [4.78, 5) is 24.6. The van der Waals surface area contributed by atoms with Gasteiger partial charge in [0.05, 0.1) is 16.6 Å². The largest absolute Gasteiger partial charge is 0.323 e. The van der Waals surface area contributed by atoms with Gasteiger partial charge in [-0.15, -0.1) is 0 Å². The molecule has 3 rings (SSSR count). The van der Waals surface area contributed by atoms with E-state index in [1.807, 2.05) is 31.2 Å². The molecule has 1 atom stereocenters. The molecule has 0 aliphatic carbocycles. The fraction of sp³-hybridized carbons (Fsp3) is 0.150. The highest BCUT2D eigenvalue weighted by Crippen LogP contribution is 2.24. The van der Waals surface area contributed by atoms with E-state index < -0.39 is 11.1 Å². The van der Waals surface area contributed by atoms with Crippen molar-refractivity contribution in [2.45, 2.75) is 24.1 Å². The first-order valence-corrected chi connectivity index (χ1v) is 10.1. The zero-order valence-electron chi connectivity index (χ0n) is 15.1. The Labute approximate surface area is 174 Å². The molecule has 144 valence electrons. The number of anilines is 1. The van der Waals surface area contributed by atoms with Crippen LogP contribution in [0.5, 0.6) is 0 Å². The Morgan fingerprint density at radius 1 is 1.18 bits per heavy atom. The van der Waals surface area contributed by atoms with E-state index in [4.69, 9.17) is 0 Å². The maximum absolute atomic E-state index is 13.9. The van der Waals surface area contributed by atoms with Gasteiger partial charge in [0, 0.05) is 10.5 Å². The Morgan fingerprint density at radius 3 is 2.57 bits per heavy atom. The van der Waals surface area contributed by atoms with E-state index >= 15 is 0 Å². The second-order valence-corrected chi connectivity index (χ2v) is 8.41. The fourth-order valence-electron chi connectivity index (χ4n) is 2.39. The number of nitrogens with zero attached hydrogens (tertiary/aromatic N) is 2. The number of thioether (sulfide) groups is 1. The van der Waals surface area contributed by atoms with Gasteiger partial charge in [-0.3, -0.25) is 9.59 Å². The Balaban J connectivity index is 1.75. The van der Waals surface area contributed by atoms with E-state index in [1.165, 1.54) is 34.6 Å².